The van der Waals surface area contributed by atoms with E-state index in [2.05, 4.69) is 49.7 Å². The van der Waals surface area contributed by atoms with Gasteiger partial charge in [-0.3, -0.25) is 0 Å². The van der Waals surface area contributed by atoms with Crippen molar-refractivity contribution in [2.45, 2.75) is 29.4 Å². The lowest BCUT2D eigenvalue weighted by Crippen LogP contribution is -2.17. The SMILES string of the molecule is CC(N)Cc1ccc(Sc2nnnn2C)c(Br)c1. The molecule has 0 saturated heterocycles. The Labute approximate surface area is 118 Å². The summed E-state index contributed by atoms with van der Waals surface area (Å²) in [5.74, 6) is 0. The van der Waals surface area contributed by atoms with Crippen LogP contribution in [0.3, 0.4) is 0 Å². The molecule has 1 aromatic carbocycles. The fraction of sp³-hybridized carbons (Fsp3) is 0.364. The number of hydrogen-bond donors (Lipinski definition) is 1. The predicted octanol–water partition coefficient (Wildman–Crippen LogP) is 2.01. The van der Waals surface area contributed by atoms with E-state index in [0.29, 0.717) is 0 Å². The second-order valence-electron chi connectivity index (χ2n) is 4.13. The molecule has 0 spiro atoms. The molecule has 0 saturated carbocycles. The van der Waals surface area contributed by atoms with Gasteiger partial charge in [0.25, 0.3) is 0 Å². The van der Waals surface area contributed by atoms with E-state index < -0.39 is 0 Å². The first-order chi connectivity index (χ1) is 8.56. The normalized spacial score (nSPS) is 12.7. The lowest BCUT2D eigenvalue weighted by molar-refractivity contribution is 0.664. The Bertz CT molecular complexity index is 540. The second kappa shape index (κ2) is 5.81. The van der Waals surface area contributed by atoms with Crippen molar-refractivity contribution in [1.29, 1.82) is 0 Å². The van der Waals surface area contributed by atoms with Crippen LogP contribution >= 0.6 is 27.7 Å². The summed E-state index contributed by atoms with van der Waals surface area (Å²) in [5.41, 5.74) is 7.01. The molecule has 2 N–H and O–H groups in total. The van der Waals surface area contributed by atoms with E-state index in [0.717, 1.165) is 20.9 Å². The minimum Gasteiger partial charge on any atom is -0.328 e. The van der Waals surface area contributed by atoms with E-state index in [-0.39, 0.29) is 6.04 Å². The summed E-state index contributed by atoms with van der Waals surface area (Å²) in [7, 11) is 1.82. The summed E-state index contributed by atoms with van der Waals surface area (Å²) < 4.78 is 2.68. The Morgan fingerprint density at radius 3 is 2.83 bits per heavy atom. The van der Waals surface area contributed by atoms with Crippen LogP contribution in [0.2, 0.25) is 0 Å². The molecule has 1 aromatic heterocycles. The molecule has 1 heterocycles. The van der Waals surface area contributed by atoms with Crippen molar-refractivity contribution in [3.63, 3.8) is 0 Å². The van der Waals surface area contributed by atoms with Gasteiger partial charge in [0, 0.05) is 22.5 Å². The quantitative estimate of drug-likeness (QED) is 0.930. The van der Waals surface area contributed by atoms with Gasteiger partial charge in [0.2, 0.25) is 5.16 Å². The molecule has 0 bridgehead atoms. The van der Waals surface area contributed by atoms with Crippen LogP contribution in [0.25, 0.3) is 0 Å². The van der Waals surface area contributed by atoms with Crippen LogP contribution in [0.5, 0.6) is 0 Å². The second-order valence-corrected chi connectivity index (χ2v) is 6.00. The van der Waals surface area contributed by atoms with Crippen LogP contribution in [0.15, 0.2) is 32.7 Å². The summed E-state index contributed by atoms with van der Waals surface area (Å²) in [5, 5.41) is 12.1. The van der Waals surface area contributed by atoms with E-state index in [1.807, 2.05) is 14.0 Å². The minimum atomic E-state index is 0.165. The van der Waals surface area contributed by atoms with Gasteiger partial charge in [0.15, 0.2) is 0 Å². The molecule has 0 aliphatic heterocycles. The first kappa shape index (κ1) is 13.5. The monoisotopic (exact) mass is 327 g/mol. The highest BCUT2D eigenvalue weighted by molar-refractivity contribution is 9.10. The Hall–Kier alpha value is -0.920. The van der Waals surface area contributed by atoms with E-state index in [4.69, 9.17) is 5.73 Å². The lowest BCUT2D eigenvalue weighted by atomic mass is 10.1. The van der Waals surface area contributed by atoms with Gasteiger partial charge >= 0.3 is 0 Å². The molecule has 96 valence electrons. The third-order valence-electron chi connectivity index (χ3n) is 2.34. The average Bonchev–Trinajstić information content (AvgIpc) is 2.67. The number of nitrogens with two attached hydrogens (primary N) is 1. The van der Waals surface area contributed by atoms with Crippen molar-refractivity contribution in [2.24, 2.45) is 12.8 Å². The van der Waals surface area contributed by atoms with Crippen molar-refractivity contribution in [2.75, 3.05) is 0 Å². The molecular weight excluding hydrogens is 314 g/mol. The smallest absolute Gasteiger partial charge is 0.213 e. The largest absolute Gasteiger partial charge is 0.328 e. The Morgan fingerprint density at radius 2 is 2.28 bits per heavy atom. The fourth-order valence-corrected chi connectivity index (χ4v) is 2.94. The molecule has 0 fully saturated rings. The number of benzene rings is 1. The van der Waals surface area contributed by atoms with Crippen LogP contribution in [0, 0.1) is 0 Å². The number of rotatable bonds is 4. The van der Waals surface area contributed by atoms with E-state index in [1.165, 1.54) is 17.3 Å². The number of aryl methyl sites for hydroxylation is 1. The van der Waals surface area contributed by atoms with Crippen molar-refractivity contribution in [3.05, 3.63) is 28.2 Å². The average molecular weight is 328 g/mol. The Balaban J connectivity index is 2.17. The summed E-state index contributed by atoms with van der Waals surface area (Å²) in [6, 6.07) is 6.40. The van der Waals surface area contributed by atoms with Gasteiger partial charge in [-0.2, -0.15) is 0 Å². The standard InChI is InChI=1S/C11H14BrN5S/c1-7(13)5-8-3-4-10(9(12)6-8)18-11-14-15-16-17(11)2/h3-4,6-7H,5,13H2,1-2H3. The van der Waals surface area contributed by atoms with Gasteiger partial charge in [-0.15, -0.1) is 5.10 Å². The maximum absolute atomic E-state index is 5.79. The number of halogens is 1. The van der Waals surface area contributed by atoms with Gasteiger partial charge in [-0.25, -0.2) is 4.68 Å². The van der Waals surface area contributed by atoms with Crippen LogP contribution in [0.4, 0.5) is 0 Å². The lowest BCUT2D eigenvalue weighted by Gasteiger charge is -2.08. The third-order valence-corrected chi connectivity index (χ3v) is 4.36. The van der Waals surface area contributed by atoms with Crippen molar-refractivity contribution >= 4 is 27.7 Å². The summed E-state index contributed by atoms with van der Waals surface area (Å²) >= 11 is 5.09. The molecular formula is C11H14BrN5S. The molecule has 0 radical (unpaired) electrons. The topological polar surface area (TPSA) is 69.6 Å². The maximum atomic E-state index is 5.79. The molecule has 0 aliphatic rings. The number of nitrogens with zero attached hydrogens (tertiary/aromatic N) is 4. The highest BCUT2D eigenvalue weighted by atomic mass is 79.9. The molecule has 2 aromatic rings. The highest BCUT2D eigenvalue weighted by Gasteiger charge is 2.09. The van der Waals surface area contributed by atoms with Gasteiger partial charge < -0.3 is 5.73 Å². The van der Waals surface area contributed by atoms with Crippen LogP contribution in [-0.4, -0.2) is 26.2 Å². The molecule has 2 rings (SSSR count). The third kappa shape index (κ3) is 3.30. The molecule has 1 atom stereocenters. The number of aromatic nitrogens is 4. The van der Waals surface area contributed by atoms with E-state index in [1.54, 1.807) is 4.68 Å². The van der Waals surface area contributed by atoms with Crippen molar-refractivity contribution in [1.82, 2.24) is 20.2 Å². The molecule has 5 nitrogen and oxygen atoms in total. The van der Waals surface area contributed by atoms with Crippen molar-refractivity contribution < 1.29 is 0 Å². The summed E-state index contributed by atoms with van der Waals surface area (Å²) in [6.45, 7) is 2.00. The zero-order valence-electron chi connectivity index (χ0n) is 10.2. The predicted molar refractivity (Wildman–Crippen MR) is 74.4 cm³/mol. The molecule has 7 heteroatoms. The highest BCUT2D eigenvalue weighted by Crippen LogP contribution is 2.32. The summed E-state index contributed by atoms with van der Waals surface area (Å²) in [4.78, 5) is 1.08. The van der Waals surface area contributed by atoms with Gasteiger partial charge in [0.1, 0.15) is 0 Å². The van der Waals surface area contributed by atoms with E-state index in [9.17, 15) is 0 Å². The first-order valence-corrected chi connectivity index (χ1v) is 7.11. The van der Waals surface area contributed by atoms with Gasteiger partial charge in [-0.1, -0.05) is 6.07 Å². The number of tetrazole rings is 1. The van der Waals surface area contributed by atoms with Crippen LogP contribution < -0.4 is 5.73 Å². The number of hydrogen-bond acceptors (Lipinski definition) is 5. The fourth-order valence-electron chi connectivity index (χ4n) is 1.53. The van der Waals surface area contributed by atoms with E-state index >= 15 is 0 Å². The summed E-state index contributed by atoms with van der Waals surface area (Å²) in [6.07, 6.45) is 0.870. The zero-order valence-corrected chi connectivity index (χ0v) is 12.6. The molecule has 18 heavy (non-hydrogen) atoms. The van der Waals surface area contributed by atoms with Crippen LogP contribution in [0.1, 0.15) is 12.5 Å². The molecule has 0 aliphatic carbocycles. The van der Waals surface area contributed by atoms with Gasteiger partial charge in [-0.05, 0) is 69.2 Å². The maximum Gasteiger partial charge on any atom is 0.213 e. The Kier molecular flexibility index (Phi) is 4.36. The van der Waals surface area contributed by atoms with Crippen molar-refractivity contribution in [3.8, 4) is 0 Å². The first-order valence-electron chi connectivity index (χ1n) is 5.50. The molecule has 0 amide bonds. The minimum absolute atomic E-state index is 0.165. The molecule has 1 unspecified atom stereocenters. The van der Waals surface area contributed by atoms with Crippen LogP contribution in [-0.2, 0) is 13.5 Å². The van der Waals surface area contributed by atoms with Gasteiger partial charge in [0.05, 0.1) is 0 Å². The Morgan fingerprint density at radius 1 is 1.50 bits per heavy atom. The zero-order chi connectivity index (χ0) is 13.1.